The fraction of sp³-hybridized carbons (Fsp3) is 0.643. The highest BCUT2D eigenvalue weighted by Gasteiger charge is 2.31. The van der Waals surface area contributed by atoms with Crippen LogP contribution < -0.4 is 4.74 Å². The lowest BCUT2D eigenvalue weighted by Gasteiger charge is -2.24. The van der Waals surface area contributed by atoms with Gasteiger partial charge in [-0.05, 0) is 44.5 Å². The van der Waals surface area contributed by atoms with Crippen LogP contribution in [0.5, 0.6) is 5.75 Å². The molecule has 1 aromatic heterocycles. The van der Waals surface area contributed by atoms with Crippen molar-refractivity contribution >= 4 is 0 Å². The van der Waals surface area contributed by atoms with Crippen LogP contribution >= 0.6 is 0 Å². The number of aromatic nitrogens is 1. The number of rotatable bonds is 5. The number of likely N-dealkylation sites (tertiary alicyclic amines) is 1. The first-order chi connectivity index (χ1) is 8.31. The average Bonchev–Trinajstić information content (AvgIpc) is 2.70. The van der Waals surface area contributed by atoms with Crippen LogP contribution in [-0.2, 0) is 0 Å². The van der Waals surface area contributed by atoms with Crippen LogP contribution in [0.1, 0.15) is 26.2 Å². The van der Waals surface area contributed by atoms with Crippen molar-refractivity contribution in [2.24, 2.45) is 5.92 Å². The lowest BCUT2D eigenvalue weighted by atomic mass is 9.96. The van der Waals surface area contributed by atoms with Gasteiger partial charge in [0.25, 0.3) is 0 Å². The molecule has 1 aliphatic heterocycles. The molecule has 1 aliphatic rings. The van der Waals surface area contributed by atoms with Gasteiger partial charge in [0.15, 0.2) is 0 Å². The highest BCUT2D eigenvalue weighted by Crippen LogP contribution is 2.27. The summed E-state index contributed by atoms with van der Waals surface area (Å²) in [5.74, 6) is 1.67. The van der Waals surface area contributed by atoms with Crippen molar-refractivity contribution in [1.29, 1.82) is 0 Å². The van der Waals surface area contributed by atoms with Crippen molar-refractivity contribution < 1.29 is 4.74 Å². The maximum Gasteiger partial charge on any atom is 0.137 e. The summed E-state index contributed by atoms with van der Waals surface area (Å²) < 4.78 is 5.83. The number of ether oxygens (including phenoxy) is 1. The third kappa shape index (κ3) is 3.19. The van der Waals surface area contributed by atoms with E-state index >= 15 is 0 Å². The summed E-state index contributed by atoms with van der Waals surface area (Å²) in [6.45, 7) is 4.25. The normalized spacial score (nSPS) is 25.1. The van der Waals surface area contributed by atoms with Gasteiger partial charge in [-0.25, -0.2) is 0 Å². The van der Waals surface area contributed by atoms with Gasteiger partial charge in [-0.3, -0.25) is 9.88 Å². The van der Waals surface area contributed by atoms with Crippen LogP contribution in [0, 0.1) is 5.92 Å². The zero-order valence-corrected chi connectivity index (χ0v) is 10.8. The highest BCUT2D eigenvalue weighted by molar-refractivity contribution is 5.15. The van der Waals surface area contributed by atoms with Gasteiger partial charge in [-0.1, -0.05) is 13.3 Å². The standard InChI is InChI=1S/C14H22N2O/c1-3-5-12-7-9-16(2)14(12)11-17-13-6-4-8-15-10-13/h4,6,8,10,12,14H,3,5,7,9,11H2,1-2H3. The van der Waals surface area contributed by atoms with Gasteiger partial charge in [-0.15, -0.1) is 0 Å². The Labute approximate surface area is 104 Å². The van der Waals surface area contributed by atoms with E-state index in [1.165, 1.54) is 25.8 Å². The molecule has 17 heavy (non-hydrogen) atoms. The summed E-state index contributed by atoms with van der Waals surface area (Å²) in [4.78, 5) is 6.49. The molecule has 0 aliphatic carbocycles. The van der Waals surface area contributed by atoms with E-state index in [0.29, 0.717) is 6.04 Å². The van der Waals surface area contributed by atoms with E-state index in [0.717, 1.165) is 18.3 Å². The molecule has 1 aromatic rings. The quantitative estimate of drug-likeness (QED) is 0.783. The van der Waals surface area contributed by atoms with Gasteiger partial charge in [-0.2, -0.15) is 0 Å². The topological polar surface area (TPSA) is 25.4 Å². The molecule has 3 nitrogen and oxygen atoms in total. The molecule has 0 aromatic carbocycles. The Hall–Kier alpha value is -1.09. The van der Waals surface area contributed by atoms with E-state index in [4.69, 9.17) is 4.74 Å². The summed E-state index contributed by atoms with van der Waals surface area (Å²) in [5.41, 5.74) is 0. The number of likely N-dealkylation sites (N-methyl/N-ethyl adjacent to an activating group) is 1. The fourth-order valence-corrected chi connectivity index (χ4v) is 2.67. The van der Waals surface area contributed by atoms with Gasteiger partial charge in [0.05, 0.1) is 6.20 Å². The van der Waals surface area contributed by atoms with Crippen LogP contribution in [0.2, 0.25) is 0 Å². The lowest BCUT2D eigenvalue weighted by Crippen LogP contribution is -2.35. The van der Waals surface area contributed by atoms with Gasteiger partial charge in [0.2, 0.25) is 0 Å². The lowest BCUT2D eigenvalue weighted by molar-refractivity contribution is 0.166. The maximum absolute atomic E-state index is 5.83. The Morgan fingerprint density at radius 3 is 3.12 bits per heavy atom. The van der Waals surface area contributed by atoms with E-state index in [9.17, 15) is 0 Å². The van der Waals surface area contributed by atoms with Crippen LogP contribution in [-0.4, -0.2) is 36.1 Å². The third-order valence-corrected chi connectivity index (χ3v) is 3.68. The zero-order valence-electron chi connectivity index (χ0n) is 10.8. The van der Waals surface area contributed by atoms with E-state index in [2.05, 4.69) is 23.9 Å². The molecule has 94 valence electrons. The Morgan fingerprint density at radius 1 is 1.53 bits per heavy atom. The molecule has 0 bridgehead atoms. The number of pyridine rings is 1. The second-order valence-corrected chi connectivity index (χ2v) is 4.89. The summed E-state index contributed by atoms with van der Waals surface area (Å²) in [6.07, 6.45) is 7.44. The summed E-state index contributed by atoms with van der Waals surface area (Å²) in [6, 6.07) is 4.45. The Kier molecular flexibility index (Phi) is 4.37. The Bertz CT molecular complexity index is 326. The van der Waals surface area contributed by atoms with Crippen molar-refractivity contribution in [2.45, 2.75) is 32.2 Å². The van der Waals surface area contributed by atoms with Crippen molar-refractivity contribution in [3.8, 4) is 5.75 Å². The van der Waals surface area contributed by atoms with Crippen molar-refractivity contribution in [3.05, 3.63) is 24.5 Å². The van der Waals surface area contributed by atoms with Crippen LogP contribution in [0.4, 0.5) is 0 Å². The van der Waals surface area contributed by atoms with Crippen molar-refractivity contribution in [2.75, 3.05) is 20.2 Å². The Morgan fingerprint density at radius 2 is 2.41 bits per heavy atom. The first-order valence-electron chi connectivity index (χ1n) is 6.54. The van der Waals surface area contributed by atoms with Crippen LogP contribution in [0.25, 0.3) is 0 Å². The monoisotopic (exact) mass is 234 g/mol. The smallest absolute Gasteiger partial charge is 0.137 e. The fourth-order valence-electron chi connectivity index (χ4n) is 2.67. The first-order valence-corrected chi connectivity index (χ1v) is 6.54. The molecule has 0 N–H and O–H groups in total. The highest BCUT2D eigenvalue weighted by atomic mass is 16.5. The molecule has 0 radical (unpaired) electrons. The van der Waals surface area contributed by atoms with Crippen molar-refractivity contribution in [3.63, 3.8) is 0 Å². The average molecular weight is 234 g/mol. The minimum Gasteiger partial charge on any atom is -0.490 e. The molecule has 0 spiro atoms. The van der Waals surface area contributed by atoms with E-state index in [-0.39, 0.29) is 0 Å². The zero-order chi connectivity index (χ0) is 12.1. The second kappa shape index (κ2) is 6.01. The van der Waals surface area contributed by atoms with Crippen LogP contribution in [0.3, 0.4) is 0 Å². The van der Waals surface area contributed by atoms with Gasteiger partial charge >= 0.3 is 0 Å². The van der Waals surface area contributed by atoms with E-state index < -0.39 is 0 Å². The predicted molar refractivity (Wildman–Crippen MR) is 69.2 cm³/mol. The second-order valence-electron chi connectivity index (χ2n) is 4.89. The largest absolute Gasteiger partial charge is 0.490 e. The molecule has 1 saturated heterocycles. The maximum atomic E-state index is 5.83. The number of nitrogens with zero attached hydrogens (tertiary/aromatic N) is 2. The Balaban J connectivity index is 1.88. The molecule has 2 rings (SSSR count). The minimum atomic E-state index is 0.565. The van der Waals surface area contributed by atoms with E-state index in [1.54, 1.807) is 12.4 Å². The van der Waals surface area contributed by atoms with Crippen LogP contribution in [0.15, 0.2) is 24.5 Å². The third-order valence-electron chi connectivity index (χ3n) is 3.68. The molecule has 0 saturated carbocycles. The molecule has 2 heterocycles. The van der Waals surface area contributed by atoms with Gasteiger partial charge in [0, 0.05) is 12.2 Å². The first kappa shape index (κ1) is 12.4. The number of hydrogen-bond acceptors (Lipinski definition) is 3. The van der Waals surface area contributed by atoms with Gasteiger partial charge < -0.3 is 4.74 Å². The molecule has 0 amide bonds. The molecule has 2 unspecified atom stereocenters. The summed E-state index contributed by atoms with van der Waals surface area (Å²) in [7, 11) is 2.20. The minimum absolute atomic E-state index is 0.565. The molecule has 2 atom stereocenters. The molecular formula is C14H22N2O. The summed E-state index contributed by atoms with van der Waals surface area (Å²) in [5, 5.41) is 0. The number of hydrogen-bond donors (Lipinski definition) is 0. The van der Waals surface area contributed by atoms with E-state index in [1.807, 2.05) is 12.1 Å². The van der Waals surface area contributed by atoms with Gasteiger partial charge in [0.1, 0.15) is 12.4 Å². The molecular weight excluding hydrogens is 212 g/mol. The van der Waals surface area contributed by atoms with Crippen molar-refractivity contribution in [1.82, 2.24) is 9.88 Å². The molecule has 3 heteroatoms. The molecule has 1 fully saturated rings. The SMILES string of the molecule is CCCC1CCN(C)C1COc1cccnc1. The predicted octanol–water partition coefficient (Wildman–Crippen LogP) is 2.58. The summed E-state index contributed by atoms with van der Waals surface area (Å²) >= 11 is 0.